The molecule has 4 heteroatoms. The number of hydrogen-bond donors (Lipinski definition) is 1. The number of nitrogens with zero attached hydrogens (tertiary/aromatic N) is 2. The summed E-state index contributed by atoms with van der Waals surface area (Å²) in [6.45, 7) is 5.89. The van der Waals surface area contributed by atoms with Gasteiger partial charge in [0.2, 0.25) is 0 Å². The van der Waals surface area contributed by atoms with Crippen molar-refractivity contribution in [2.24, 2.45) is 0 Å². The van der Waals surface area contributed by atoms with Crippen molar-refractivity contribution in [1.29, 1.82) is 0 Å². The van der Waals surface area contributed by atoms with E-state index in [4.69, 9.17) is 4.74 Å². The fourth-order valence-corrected chi connectivity index (χ4v) is 2.13. The van der Waals surface area contributed by atoms with E-state index >= 15 is 0 Å². The molecular formula is C12H21N3O. The molecule has 2 heterocycles. The van der Waals surface area contributed by atoms with Gasteiger partial charge in [-0.2, -0.15) is 0 Å². The van der Waals surface area contributed by atoms with E-state index in [9.17, 15) is 0 Å². The van der Waals surface area contributed by atoms with E-state index in [2.05, 4.69) is 21.8 Å². The topological polar surface area (TPSA) is 39.1 Å². The molecule has 90 valence electrons. The lowest BCUT2D eigenvalue weighted by molar-refractivity contribution is 0.0582. The molecular weight excluding hydrogens is 202 g/mol. The van der Waals surface area contributed by atoms with Crippen LogP contribution in [-0.4, -0.2) is 29.3 Å². The van der Waals surface area contributed by atoms with Crippen LogP contribution in [0.5, 0.6) is 0 Å². The van der Waals surface area contributed by atoms with Crippen LogP contribution in [0.3, 0.4) is 0 Å². The minimum Gasteiger partial charge on any atom is -0.379 e. The van der Waals surface area contributed by atoms with Crippen molar-refractivity contribution < 1.29 is 4.74 Å². The number of ether oxygens (including phenoxy) is 1. The second-order valence-electron chi connectivity index (χ2n) is 4.34. The zero-order chi connectivity index (χ0) is 11.2. The van der Waals surface area contributed by atoms with Crippen LogP contribution in [0.4, 0.5) is 0 Å². The van der Waals surface area contributed by atoms with Gasteiger partial charge in [-0.25, -0.2) is 4.98 Å². The van der Waals surface area contributed by atoms with Gasteiger partial charge in [0.15, 0.2) is 0 Å². The lowest BCUT2D eigenvalue weighted by Crippen LogP contribution is -2.24. The van der Waals surface area contributed by atoms with Crippen molar-refractivity contribution in [3.05, 3.63) is 18.2 Å². The Morgan fingerprint density at radius 1 is 1.62 bits per heavy atom. The highest BCUT2D eigenvalue weighted by Crippen LogP contribution is 2.20. The van der Waals surface area contributed by atoms with E-state index in [-0.39, 0.29) is 0 Å². The Hall–Kier alpha value is -0.870. The van der Waals surface area contributed by atoms with Gasteiger partial charge in [0, 0.05) is 19.3 Å². The van der Waals surface area contributed by atoms with Crippen LogP contribution in [0.1, 0.15) is 37.9 Å². The fourth-order valence-electron chi connectivity index (χ4n) is 2.13. The third-order valence-electron chi connectivity index (χ3n) is 3.01. The quantitative estimate of drug-likeness (QED) is 0.773. The minimum absolute atomic E-state index is 0.481. The molecule has 0 aromatic carbocycles. The maximum absolute atomic E-state index is 5.52. The minimum atomic E-state index is 0.481. The van der Waals surface area contributed by atoms with E-state index in [1.54, 1.807) is 0 Å². The smallest absolute Gasteiger partial charge is 0.0952 e. The summed E-state index contributed by atoms with van der Waals surface area (Å²) in [4.78, 5) is 4.24. The molecule has 0 aliphatic carbocycles. The highest BCUT2D eigenvalue weighted by atomic mass is 16.5. The number of rotatable bonds is 5. The fraction of sp³-hybridized carbons (Fsp3) is 0.750. The van der Waals surface area contributed by atoms with Crippen LogP contribution in [0.25, 0.3) is 0 Å². The summed E-state index contributed by atoms with van der Waals surface area (Å²) in [6, 6.07) is 0.481. The van der Waals surface area contributed by atoms with Crippen molar-refractivity contribution in [3.63, 3.8) is 0 Å². The molecule has 16 heavy (non-hydrogen) atoms. The van der Waals surface area contributed by atoms with Crippen LogP contribution in [0.2, 0.25) is 0 Å². The average molecular weight is 223 g/mol. The normalized spacial score (nSPS) is 21.2. The van der Waals surface area contributed by atoms with E-state index < -0.39 is 0 Å². The van der Waals surface area contributed by atoms with Gasteiger partial charge in [-0.1, -0.05) is 6.92 Å². The first-order valence-electron chi connectivity index (χ1n) is 6.21. The molecule has 0 amide bonds. The summed E-state index contributed by atoms with van der Waals surface area (Å²) >= 11 is 0. The molecule has 0 spiro atoms. The van der Waals surface area contributed by atoms with E-state index in [1.165, 1.54) is 18.5 Å². The molecule has 0 saturated carbocycles. The van der Waals surface area contributed by atoms with Crippen LogP contribution >= 0.6 is 0 Å². The lowest BCUT2D eigenvalue weighted by Gasteiger charge is -2.25. The van der Waals surface area contributed by atoms with Crippen molar-refractivity contribution in [1.82, 2.24) is 14.9 Å². The van der Waals surface area contributed by atoms with E-state index in [0.29, 0.717) is 6.04 Å². The number of hydrogen-bond acceptors (Lipinski definition) is 3. The van der Waals surface area contributed by atoms with Gasteiger partial charge in [0.1, 0.15) is 0 Å². The average Bonchev–Trinajstić information content (AvgIpc) is 2.79. The molecule has 0 bridgehead atoms. The second-order valence-corrected chi connectivity index (χ2v) is 4.34. The van der Waals surface area contributed by atoms with Gasteiger partial charge >= 0.3 is 0 Å². The molecule has 2 rings (SSSR count). The number of nitrogens with one attached hydrogen (secondary N) is 1. The van der Waals surface area contributed by atoms with Crippen LogP contribution in [0.15, 0.2) is 12.5 Å². The Morgan fingerprint density at radius 2 is 2.56 bits per heavy atom. The van der Waals surface area contributed by atoms with Crippen LogP contribution in [0, 0.1) is 0 Å². The molecule has 1 aromatic heterocycles. The van der Waals surface area contributed by atoms with Crippen LogP contribution < -0.4 is 5.32 Å². The van der Waals surface area contributed by atoms with Crippen molar-refractivity contribution in [2.45, 2.75) is 38.8 Å². The third-order valence-corrected chi connectivity index (χ3v) is 3.01. The van der Waals surface area contributed by atoms with Gasteiger partial charge in [0.05, 0.1) is 24.7 Å². The predicted octanol–water partition coefficient (Wildman–Crippen LogP) is 1.73. The standard InChI is InChI=1S/C12H21N3O/c1-2-5-13-7-12-8-14-10-15(12)11-4-3-6-16-9-11/h8,10-11,13H,2-7,9H2,1H3. The van der Waals surface area contributed by atoms with Gasteiger partial charge in [-0.15, -0.1) is 0 Å². The van der Waals surface area contributed by atoms with Crippen molar-refractivity contribution in [3.8, 4) is 0 Å². The van der Waals surface area contributed by atoms with E-state index in [1.807, 2.05) is 12.5 Å². The molecule has 4 nitrogen and oxygen atoms in total. The Balaban J connectivity index is 1.94. The van der Waals surface area contributed by atoms with Gasteiger partial charge in [-0.05, 0) is 25.8 Å². The molecule has 0 radical (unpaired) electrons. The zero-order valence-electron chi connectivity index (χ0n) is 9.98. The summed E-state index contributed by atoms with van der Waals surface area (Å²) in [5.41, 5.74) is 1.27. The molecule has 1 saturated heterocycles. The first-order valence-corrected chi connectivity index (χ1v) is 6.21. The molecule has 1 aromatic rings. The van der Waals surface area contributed by atoms with Gasteiger partial charge in [-0.3, -0.25) is 0 Å². The van der Waals surface area contributed by atoms with Gasteiger partial charge < -0.3 is 14.6 Å². The maximum Gasteiger partial charge on any atom is 0.0952 e. The van der Waals surface area contributed by atoms with Gasteiger partial charge in [0.25, 0.3) is 0 Å². The molecule has 1 N–H and O–H groups in total. The molecule has 1 unspecified atom stereocenters. The summed E-state index contributed by atoms with van der Waals surface area (Å²) in [5, 5.41) is 3.42. The zero-order valence-corrected chi connectivity index (χ0v) is 9.98. The summed E-state index contributed by atoms with van der Waals surface area (Å²) in [6.07, 6.45) is 7.42. The highest BCUT2D eigenvalue weighted by Gasteiger charge is 2.17. The highest BCUT2D eigenvalue weighted by molar-refractivity contribution is 5.00. The van der Waals surface area contributed by atoms with Crippen LogP contribution in [-0.2, 0) is 11.3 Å². The maximum atomic E-state index is 5.52. The monoisotopic (exact) mass is 223 g/mol. The summed E-state index contributed by atoms with van der Waals surface area (Å²) in [7, 11) is 0. The Bertz CT molecular complexity index is 305. The van der Waals surface area contributed by atoms with Crippen molar-refractivity contribution in [2.75, 3.05) is 19.8 Å². The summed E-state index contributed by atoms with van der Waals surface area (Å²) in [5.74, 6) is 0. The Labute approximate surface area is 97.0 Å². The third kappa shape index (κ3) is 2.83. The number of imidazole rings is 1. The first kappa shape index (κ1) is 11.6. The molecule has 1 atom stereocenters. The van der Waals surface area contributed by atoms with E-state index in [0.717, 1.165) is 32.7 Å². The number of aromatic nitrogens is 2. The second kappa shape index (κ2) is 6.01. The largest absolute Gasteiger partial charge is 0.379 e. The van der Waals surface area contributed by atoms with Crippen molar-refractivity contribution >= 4 is 0 Å². The first-order chi connectivity index (χ1) is 7.92. The molecule has 1 fully saturated rings. The summed E-state index contributed by atoms with van der Waals surface area (Å²) < 4.78 is 7.78. The Morgan fingerprint density at radius 3 is 3.31 bits per heavy atom. The predicted molar refractivity (Wildman–Crippen MR) is 63.3 cm³/mol. The molecule has 1 aliphatic heterocycles. The Kier molecular flexibility index (Phi) is 4.36. The molecule has 1 aliphatic rings. The lowest BCUT2D eigenvalue weighted by atomic mass is 10.1. The SMILES string of the molecule is CCCNCc1cncn1C1CCCOC1.